The van der Waals surface area contributed by atoms with Crippen LogP contribution in [0.4, 0.5) is 5.69 Å². The number of carbonyl (C=O) groups is 3. The summed E-state index contributed by atoms with van der Waals surface area (Å²) in [5.74, 6) is -0.426. The Morgan fingerprint density at radius 1 is 0.757 bits per heavy atom. The molecule has 0 atom stereocenters. The van der Waals surface area contributed by atoms with Gasteiger partial charge in [0.1, 0.15) is 5.75 Å². The molecule has 194 valence electrons. The molecule has 2 amide bonds. The molecule has 0 unspecified atom stereocenters. The molecule has 0 heterocycles. The van der Waals surface area contributed by atoms with Gasteiger partial charge < -0.3 is 29.6 Å². The molecule has 3 aromatic carbocycles. The average molecular weight is 507 g/mol. The van der Waals surface area contributed by atoms with Crippen LogP contribution >= 0.6 is 0 Å². The van der Waals surface area contributed by atoms with E-state index >= 15 is 0 Å². The molecule has 3 aromatic rings. The Kier molecular flexibility index (Phi) is 10.3. The second kappa shape index (κ2) is 14.1. The van der Waals surface area contributed by atoms with Gasteiger partial charge in [0, 0.05) is 6.54 Å². The van der Waals surface area contributed by atoms with Gasteiger partial charge in [-0.05, 0) is 48.7 Å². The highest BCUT2D eigenvalue weighted by Crippen LogP contribution is 2.29. The number of amides is 2. The molecule has 9 nitrogen and oxygen atoms in total. The predicted molar refractivity (Wildman–Crippen MR) is 138 cm³/mol. The first-order valence-electron chi connectivity index (χ1n) is 11.7. The number of esters is 1. The Hall–Kier alpha value is -4.53. The fourth-order valence-electron chi connectivity index (χ4n) is 3.42. The minimum atomic E-state index is -0.682. The fourth-order valence-corrected chi connectivity index (χ4v) is 3.42. The summed E-state index contributed by atoms with van der Waals surface area (Å²) in [5, 5.41) is 5.45. The van der Waals surface area contributed by atoms with Crippen molar-refractivity contribution >= 4 is 23.5 Å². The third-order valence-electron chi connectivity index (χ3n) is 5.28. The number of ether oxygens (including phenoxy) is 4. The molecule has 0 aliphatic rings. The maximum atomic E-state index is 12.4. The second-order valence-corrected chi connectivity index (χ2v) is 7.92. The van der Waals surface area contributed by atoms with Gasteiger partial charge >= 0.3 is 5.97 Å². The number of anilines is 1. The largest absolute Gasteiger partial charge is 0.495 e. The normalized spacial score (nSPS) is 10.2. The molecule has 3 rings (SSSR count). The topological polar surface area (TPSA) is 112 Å². The third kappa shape index (κ3) is 8.57. The third-order valence-corrected chi connectivity index (χ3v) is 5.28. The molecule has 0 bridgehead atoms. The van der Waals surface area contributed by atoms with Gasteiger partial charge in [-0.15, -0.1) is 0 Å². The van der Waals surface area contributed by atoms with E-state index in [2.05, 4.69) is 10.6 Å². The highest BCUT2D eigenvalue weighted by molar-refractivity contribution is 5.94. The average Bonchev–Trinajstić information content (AvgIpc) is 2.93. The minimum Gasteiger partial charge on any atom is -0.495 e. The van der Waals surface area contributed by atoms with Crippen molar-refractivity contribution in [1.82, 2.24) is 5.32 Å². The first-order valence-corrected chi connectivity index (χ1v) is 11.7. The zero-order chi connectivity index (χ0) is 26.5. The van der Waals surface area contributed by atoms with Crippen LogP contribution in [0, 0.1) is 0 Å². The Morgan fingerprint density at radius 3 is 2.24 bits per heavy atom. The van der Waals surface area contributed by atoms with Crippen LogP contribution in [0.1, 0.15) is 22.3 Å². The maximum Gasteiger partial charge on any atom is 0.338 e. The van der Waals surface area contributed by atoms with Crippen molar-refractivity contribution in [1.29, 1.82) is 0 Å². The Bertz CT molecular complexity index is 1200. The predicted octanol–water partition coefficient (Wildman–Crippen LogP) is 3.63. The van der Waals surface area contributed by atoms with Crippen LogP contribution in [0.15, 0.2) is 72.8 Å². The van der Waals surface area contributed by atoms with Gasteiger partial charge in [0.05, 0.1) is 25.5 Å². The van der Waals surface area contributed by atoms with Crippen LogP contribution in [0.2, 0.25) is 0 Å². The summed E-state index contributed by atoms with van der Waals surface area (Å²) in [7, 11) is 2.92. The van der Waals surface area contributed by atoms with Gasteiger partial charge in [0.15, 0.2) is 24.7 Å². The van der Waals surface area contributed by atoms with E-state index in [-0.39, 0.29) is 29.6 Å². The molecular formula is C28H30N2O7. The number of nitrogens with one attached hydrogen (secondary N) is 2. The summed E-state index contributed by atoms with van der Waals surface area (Å²) in [4.78, 5) is 36.7. The van der Waals surface area contributed by atoms with Crippen LogP contribution in [-0.2, 0) is 20.7 Å². The van der Waals surface area contributed by atoms with Crippen molar-refractivity contribution in [3.8, 4) is 17.2 Å². The van der Waals surface area contributed by atoms with E-state index in [0.29, 0.717) is 18.0 Å². The molecule has 0 aliphatic heterocycles. The van der Waals surface area contributed by atoms with E-state index in [1.807, 2.05) is 30.3 Å². The second-order valence-electron chi connectivity index (χ2n) is 7.92. The van der Waals surface area contributed by atoms with E-state index in [1.54, 1.807) is 24.3 Å². The van der Waals surface area contributed by atoms with E-state index in [0.717, 1.165) is 12.8 Å². The molecule has 0 saturated heterocycles. The fraction of sp³-hybridized carbons (Fsp3) is 0.250. The molecule has 9 heteroatoms. The number of methoxy groups -OCH3 is 2. The van der Waals surface area contributed by atoms with Gasteiger partial charge in [-0.1, -0.05) is 42.5 Å². The van der Waals surface area contributed by atoms with Crippen molar-refractivity contribution in [2.45, 2.75) is 12.8 Å². The van der Waals surface area contributed by atoms with Crippen molar-refractivity contribution in [2.75, 3.05) is 39.3 Å². The summed E-state index contributed by atoms with van der Waals surface area (Å²) < 4.78 is 21.2. The van der Waals surface area contributed by atoms with Crippen LogP contribution < -0.4 is 24.8 Å². The Balaban J connectivity index is 1.44. The zero-order valence-corrected chi connectivity index (χ0v) is 20.8. The summed E-state index contributed by atoms with van der Waals surface area (Å²) in [6.45, 7) is -0.202. The first kappa shape index (κ1) is 27.1. The standard InChI is InChI=1S/C28H30N2O7/c1-34-23-13-7-6-12-22(23)30-27(32)19-36-24-15-14-21(17-25(24)35-2)28(33)37-18-26(31)29-16-8-11-20-9-4-3-5-10-20/h3-7,9-10,12-15,17H,8,11,16,18-19H2,1-2H3,(H,29,31)(H,30,32). The number of benzene rings is 3. The maximum absolute atomic E-state index is 12.4. The van der Waals surface area contributed by atoms with E-state index < -0.39 is 18.5 Å². The molecule has 0 aromatic heterocycles. The van der Waals surface area contributed by atoms with Crippen LogP contribution in [-0.4, -0.2) is 51.8 Å². The minimum absolute atomic E-state index is 0.180. The van der Waals surface area contributed by atoms with Gasteiger partial charge in [-0.2, -0.15) is 0 Å². The van der Waals surface area contributed by atoms with E-state index in [9.17, 15) is 14.4 Å². The number of para-hydroxylation sites is 2. The van der Waals surface area contributed by atoms with Crippen molar-refractivity contribution in [3.05, 3.63) is 83.9 Å². The lowest BCUT2D eigenvalue weighted by atomic mass is 10.1. The van der Waals surface area contributed by atoms with E-state index in [1.165, 1.54) is 38.0 Å². The number of hydrogen-bond acceptors (Lipinski definition) is 7. The molecular weight excluding hydrogens is 476 g/mol. The van der Waals surface area contributed by atoms with Gasteiger partial charge in [-0.25, -0.2) is 4.79 Å². The number of carbonyl (C=O) groups excluding carboxylic acids is 3. The van der Waals surface area contributed by atoms with Gasteiger partial charge in [-0.3, -0.25) is 9.59 Å². The molecule has 0 aliphatic carbocycles. The first-order chi connectivity index (χ1) is 18.0. The van der Waals surface area contributed by atoms with Crippen LogP contribution in [0.3, 0.4) is 0 Å². The smallest absolute Gasteiger partial charge is 0.338 e. The molecule has 0 spiro atoms. The van der Waals surface area contributed by atoms with Crippen molar-refractivity contribution in [3.63, 3.8) is 0 Å². The van der Waals surface area contributed by atoms with Gasteiger partial charge in [0.2, 0.25) is 0 Å². The Labute approximate surface area is 215 Å². The molecule has 0 fully saturated rings. The Morgan fingerprint density at radius 2 is 1.49 bits per heavy atom. The summed E-state index contributed by atoms with van der Waals surface area (Å²) >= 11 is 0. The highest BCUT2D eigenvalue weighted by Gasteiger charge is 2.15. The SMILES string of the molecule is COc1ccccc1NC(=O)COc1ccc(C(=O)OCC(=O)NCCCc2ccccc2)cc1OC. The summed E-state index contributed by atoms with van der Waals surface area (Å²) in [6, 6.07) is 21.4. The zero-order valence-electron chi connectivity index (χ0n) is 20.8. The number of rotatable bonds is 13. The van der Waals surface area contributed by atoms with Crippen molar-refractivity contribution in [2.24, 2.45) is 0 Å². The monoisotopic (exact) mass is 506 g/mol. The number of hydrogen-bond donors (Lipinski definition) is 2. The quantitative estimate of drug-likeness (QED) is 0.269. The molecule has 37 heavy (non-hydrogen) atoms. The molecule has 0 saturated carbocycles. The van der Waals surface area contributed by atoms with Gasteiger partial charge in [0.25, 0.3) is 11.8 Å². The number of aryl methyl sites for hydroxylation is 1. The lowest BCUT2D eigenvalue weighted by Crippen LogP contribution is -2.29. The lowest BCUT2D eigenvalue weighted by Gasteiger charge is -2.13. The summed E-state index contributed by atoms with van der Waals surface area (Å²) in [5.41, 5.74) is 1.89. The molecule has 0 radical (unpaired) electrons. The molecule has 2 N–H and O–H groups in total. The van der Waals surface area contributed by atoms with Crippen molar-refractivity contribution < 1.29 is 33.3 Å². The lowest BCUT2D eigenvalue weighted by molar-refractivity contribution is -0.124. The van der Waals surface area contributed by atoms with E-state index in [4.69, 9.17) is 18.9 Å². The summed E-state index contributed by atoms with van der Waals surface area (Å²) in [6.07, 6.45) is 1.62. The van der Waals surface area contributed by atoms with Crippen LogP contribution in [0.5, 0.6) is 17.2 Å². The van der Waals surface area contributed by atoms with Crippen LogP contribution in [0.25, 0.3) is 0 Å². The highest BCUT2D eigenvalue weighted by atomic mass is 16.5.